The summed E-state index contributed by atoms with van der Waals surface area (Å²) in [6.45, 7) is 6.56. The van der Waals surface area contributed by atoms with Crippen molar-refractivity contribution in [2.75, 3.05) is 26.0 Å². The number of hydrogen-bond donors (Lipinski definition) is 1. The zero-order valence-electron chi connectivity index (χ0n) is 19.3. The highest BCUT2D eigenvalue weighted by Gasteiger charge is 2.35. The van der Waals surface area contributed by atoms with Crippen LogP contribution in [0.25, 0.3) is 0 Å². The van der Waals surface area contributed by atoms with Gasteiger partial charge in [-0.25, -0.2) is 0 Å². The molecule has 176 valence electrons. The number of thiocarbonyl (C=S) groups is 2. The number of carbonyl (C=O) groups excluding carboxylic acids is 1. The molecule has 0 bridgehead atoms. The van der Waals surface area contributed by atoms with E-state index in [1.807, 2.05) is 13.8 Å². The molecule has 1 atom stereocenters. The molecule has 0 aromatic rings. The second-order valence-electron chi connectivity index (χ2n) is 7.49. The second-order valence-corrected chi connectivity index (χ2v) is 11.7. The number of unbranched alkanes of at least 4 members (excludes halogenated alkanes) is 9. The average molecular weight is 496 g/mol. The van der Waals surface area contributed by atoms with Gasteiger partial charge in [0.2, 0.25) is 0 Å². The van der Waals surface area contributed by atoms with Crippen LogP contribution in [-0.4, -0.2) is 45.4 Å². The van der Waals surface area contributed by atoms with Gasteiger partial charge in [-0.05, 0) is 37.7 Å². The van der Waals surface area contributed by atoms with E-state index in [4.69, 9.17) is 33.9 Å². The molecule has 1 N–H and O–H groups in total. The Hall–Kier alpha value is -0.0500. The molecule has 0 aliphatic rings. The number of esters is 1. The molecule has 0 saturated heterocycles. The second kappa shape index (κ2) is 19.6. The van der Waals surface area contributed by atoms with E-state index in [2.05, 4.69) is 12.2 Å². The van der Waals surface area contributed by atoms with Crippen LogP contribution in [0.1, 0.15) is 91.4 Å². The topological polar surface area (TPSA) is 47.6 Å². The van der Waals surface area contributed by atoms with Gasteiger partial charge in [0.25, 0.3) is 5.17 Å². The molecule has 30 heavy (non-hydrogen) atoms. The zero-order chi connectivity index (χ0) is 22.7. The summed E-state index contributed by atoms with van der Waals surface area (Å²) in [5.41, 5.74) is 0. The third kappa shape index (κ3) is 15.7. The number of rotatable bonds is 17. The van der Waals surface area contributed by atoms with E-state index < -0.39 is 4.75 Å². The third-order valence-corrected chi connectivity index (χ3v) is 8.22. The van der Waals surface area contributed by atoms with Crippen LogP contribution in [0, 0.1) is 0 Å². The lowest BCUT2D eigenvalue weighted by Gasteiger charge is -2.25. The fourth-order valence-electron chi connectivity index (χ4n) is 2.71. The van der Waals surface area contributed by atoms with Gasteiger partial charge in [0.05, 0.1) is 0 Å². The van der Waals surface area contributed by atoms with Crippen LogP contribution in [0.3, 0.4) is 0 Å². The van der Waals surface area contributed by atoms with Crippen molar-refractivity contribution in [2.45, 2.75) is 96.1 Å². The Morgan fingerprint density at radius 1 is 0.900 bits per heavy atom. The standard InChI is InChI=1S/C22H41NO3S4/c1-5-7-8-9-10-11-12-13-14-15-18-29-21(28)30-22(3,6-2)19(24)25-16-17-26-20(27)23-4/h5-18H2,1-4H3,(H,23,27). The number of nitrogens with one attached hydrogen (secondary N) is 1. The van der Waals surface area contributed by atoms with Gasteiger partial charge in [-0.3, -0.25) is 4.79 Å². The third-order valence-electron chi connectivity index (χ3n) is 4.89. The number of ether oxygens (including phenoxy) is 2. The maximum absolute atomic E-state index is 12.5. The highest BCUT2D eigenvalue weighted by Crippen LogP contribution is 2.35. The summed E-state index contributed by atoms with van der Waals surface area (Å²) in [6.07, 6.45) is 14.0. The van der Waals surface area contributed by atoms with E-state index >= 15 is 0 Å². The largest absolute Gasteiger partial charge is 0.467 e. The monoisotopic (exact) mass is 495 g/mol. The Morgan fingerprint density at radius 3 is 1.97 bits per heavy atom. The summed E-state index contributed by atoms with van der Waals surface area (Å²) in [7, 11) is 1.69. The predicted octanol–water partition coefficient (Wildman–Crippen LogP) is 6.89. The van der Waals surface area contributed by atoms with Gasteiger partial charge in [-0.1, -0.05) is 95.6 Å². The first-order valence-corrected chi connectivity index (χ1v) is 13.9. The van der Waals surface area contributed by atoms with Gasteiger partial charge < -0.3 is 14.8 Å². The first-order chi connectivity index (χ1) is 14.4. The van der Waals surface area contributed by atoms with Gasteiger partial charge in [-0.15, -0.1) is 11.8 Å². The Morgan fingerprint density at radius 2 is 1.43 bits per heavy atom. The van der Waals surface area contributed by atoms with Crippen LogP contribution in [0.15, 0.2) is 0 Å². The maximum atomic E-state index is 12.5. The Bertz CT molecular complexity index is 491. The van der Waals surface area contributed by atoms with Crippen molar-refractivity contribution in [3.63, 3.8) is 0 Å². The molecule has 0 heterocycles. The van der Waals surface area contributed by atoms with Crippen molar-refractivity contribution >= 4 is 62.6 Å². The number of hydrogen-bond acceptors (Lipinski definition) is 7. The van der Waals surface area contributed by atoms with Crippen molar-refractivity contribution in [1.29, 1.82) is 0 Å². The first-order valence-electron chi connectivity index (χ1n) is 11.3. The molecule has 0 aliphatic heterocycles. The van der Waals surface area contributed by atoms with Crippen molar-refractivity contribution in [2.24, 2.45) is 0 Å². The van der Waals surface area contributed by atoms with Crippen LogP contribution >= 0.6 is 48.0 Å². The van der Waals surface area contributed by atoms with E-state index in [-0.39, 0.29) is 19.2 Å². The number of thioether (sulfide) groups is 2. The van der Waals surface area contributed by atoms with Crippen LogP contribution in [0.5, 0.6) is 0 Å². The molecule has 0 spiro atoms. The lowest BCUT2D eigenvalue weighted by Crippen LogP contribution is -2.35. The van der Waals surface area contributed by atoms with Gasteiger partial charge in [0.1, 0.15) is 21.5 Å². The summed E-state index contributed by atoms with van der Waals surface area (Å²) < 4.78 is 10.7. The average Bonchev–Trinajstić information content (AvgIpc) is 2.74. The quantitative estimate of drug-likeness (QED) is 0.133. The Kier molecular flexibility index (Phi) is 19.6. The summed E-state index contributed by atoms with van der Waals surface area (Å²) in [5, 5.41) is 3.01. The highest BCUT2D eigenvalue weighted by molar-refractivity contribution is 8.47. The molecule has 0 fully saturated rings. The molecule has 0 amide bonds. The normalized spacial score (nSPS) is 12.8. The molecule has 8 heteroatoms. The van der Waals surface area contributed by atoms with Crippen LogP contribution in [0.4, 0.5) is 0 Å². The predicted molar refractivity (Wildman–Crippen MR) is 142 cm³/mol. The lowest BCUT2D eigenvalue weighted by atomic mass is 10.1. The van der Waals surface area contributed by atoms with E-state index in [1.54, 1.807) is 18.8 Å². The van der Waals surface area contributed by atoms with Crippen LogP contribution < -0.4 is 5.32 Å². The first kappa shape index (κ1) is 29.9. The summed E-state index contributed by atoms with van der Waals surface area (Å²) >= 11 is 13.5. The zero-order valence-corrected chi connectivity index (χ0v) is 22.5. The molecule has 0 rings (SSSR count). The van der Waals surface area contributed by atoms with E-state index in [9.17, 15) is 4.79 Å². The maximum Gasteiger partial charge on any atom is 0.322 e. The van der Waals surface area contributed by atoms with Gasteiger partial charge in [-0.2, -0.15) is 0 Å². The fraction of sp³-hybridized carbons (Fsp3) is 0.864. The van der Waals surface area contributed by atoms with Crippen molar-refractivity contribution < 1.29 is 14.3 Å². The molecule has 0 aromatic carbocycles. The minimum absolute atomic E-state index is 0.176. The molecule has 0 radical (unpaired) electrons. The fourth-order valence-corrected chi connectivity index (χ4v) is 5.80. The van der Waals surface area contributed by atoms with Gasteiger partial charge >= 0.3 is 5.97 Å². The highest BCUT2D eigenvalue weighted by atomic mass is 32.2. The lowest BCUT2D eigenvalue weighted by molar-refractivity contribution is -0.147. The minimum Gasteiger partial charge on any atom is -0.467 e. The molecule has 0 saturated carbocycles. The van der Waals surface area contributed by atoms with Crippen LogP contribution in [-0.2, 0) is 14.3 Å². The van der Waals surface area contributed by atoms with E-state index in [0.29, 0.717) is 11.6 Å². The van der Waals surface area contributed by atoms with Crippen LogP contribution in [0.2, 0.25) is 0 Å². The molecular formula is C22H41NO3S4. The molecule has 0 aliphatic carbocycles. The molecular weight excluding hydrogens is 455 g/mol. The van der Waals surface area contributed by atoms with Gasteiger partial charge in [0.15, 0.2) is 0 Å². The number of carbonyl (C=O) groups is 1. The molecule has 0 aromatic heterocycles. The molecule has 1 unspecified atom stereocenters. The van der Waals surface area contributed by atoms with Crippen molar-refractivity contribution in [3.8, 4) is 0 Å². The van der Waals surface area contributed by atoms with Gasteiger partial charge in [0, 0.05) is 7.05 Å². The summed E-state index contributed by atoms with van der Waals surface area (Å²) in [5.74, 6) is 0.766. The molecule has 4 nitrogen and oxygen atoms in total. The van der Waals surface area contributed by atoms with E-state index in [1.165, 1.54) is 76.0 Å². The van der Waals surface area contributed by atoms with Crippen molar-refractivity contribution in [3.05, 3.63) is 0 Å². The van der Waals surface area contributed by atoms with E-state index in [0.717, 1.165) is 9.28 Å². The van der Waals surface area contributed by atoms with Crippen molar-refractivity contribution in [1.82, 2.24) is 5.32 Å². The Balaban J connectivity index is 3.88. The summed E-state index contributed by atoms with van der Waals surface area (Å²) in [4.78, 5) is 12.5. The minimum atomic E-state index is -0.661. The summed E-state index contributed by atoms with van der Waals surface area (Å²) in [6, 6.07) is 0. The Labute approximate surface area is 203 Å². The SMILES string of the molecule is CCCCCCCCCCCCSC(=S)SC(C)(CC)C(=O)OCCOC(=S)NC. The smallest absolute Gasteiger partial charge is 0.322 e.